The molecule has 1 aromatic rings. The smallest absolute Gasteiger partial charge is 0.305 e. The summed E-state index contributed by atoms with van der Waals surface area (Å²) in [5.74, 6) is -2.76. The lowest BCUT2D eigenvalue weighted by Gasteiger charge is -2.27. The Hall–Kier alpha value is -3.30. The number of hydrogen-bond acceptors (Lipinski definition) is 6. The van der Waals surface area contributed by atoms with Crippen molar-refractivity contribution in [2.45, 2.75) is 44.3 Å². The predicted molar refractivity (Wildman–Crippen MR) is 96.1 cm³/mol. The van der Waals surface area contributed by atoms with Gasteiger partial charge in [0.2, 0.25) is 11.8 Å². The van der Waals surface area contributed by atoms with Crippen molar-refractivity contribution in [3.05, 3.63) is 30.1 Å². The van der Waals surface area contributed by atoms with Gasteiger partial charge in [-0.3, -0.25) is 24.2 Å². The molecule has 1 aromatic heterocycles. The zero-order valence-corrected chi connectivity index (χ0v) is 15.3. The van der Waals surface area contributed by atoms with E-state index in [1.54, 1.807) is 12.1 Å². The first-order valence-corrected chi connectivity index (χ1v) is 8.83. The van der Waals surface area contributed by atoms with Gasteiger partial charge in [-0.2, -0.15) is 0 Å². The Labute approximate surface area is 161 Å². The lowest BCUT2D eigenvalue weighted by atomic mass is 10.1. The number of aldehydes is 1. The molecule has 1 unspecified atom stereocenters. The molecule has 10 nitrogen and oxygen atoms in total. The Morgan fingerprint density at radius 2 is 2.07 bits per heavy atom. The summed E-state index contributed by atoms with van der Waals surface area (Å²) < 4.78 is 0. The first kappa shape index (κ1) is 21.0. The Morgan fingerprint density at radius 1 is 1.32 bits per heavy atom. The number of carboxylic acid groups (broad SMARTS) is 1. The van der Waals surface area contributed by atoms with Crippen LogP contribution in [0.15, 0.2) is 24.4 Å². The number of aromatic nitrogens is 1. The van der Waals surface area contributed by atoms with E-state index in [1.165, 1.54) is 24.1 Å². The highest BCUT2D eigenvalue weighted by Gasteiger charge is 2.37. The Kier molecular flexibility index (Phi) is 7.19. The maximum atomic E-state index is 12.7. The van der Waals surface area contributed by atoms with Crippen molar-refractivity contribution in [1.82, 2.24) is 20.5 Å². The number of carboxylic acids is 1. The van der Waals surface area contributed by atoms with Crippen LogP contribution < -0.4 is 10.6 Å². The number of carbonyl (C=O) groups excluding carboxylic acids is 4. The summed E-state index contributed by atoms with van der Waals surface area (Å²) in [5.41, 5.74) is 0.167. The van der Waals surface area contributed by atoms with Crippen LogP contribution in [-0.2, 0) is 19.2 Å². The maximum Gasteiger partial charge on any atom is 0.305 e. The second-order valence-corrected chi connectivity index (χ2v) is 6.45. The third-order valence-corrected chi connectivity index (χ3v) is 4.34. The van der Waals surface area contributed by atoms with Crippen LogP contribution in [-0.4, -0.2) is 69.6 Å². The summed E-state index contributed by atoms with van der Waals surface area (Å²) in [6, 6.07) is 1.96. The van der Waals surface area contributed by atoms with Gasteiger partial charge in [0.05, 0.1) is 12.5 Å². The summed E-state index contributed by atoms with van der Waals surface area (Å²) in [6.07, 6.45) is 2.24. The van der Waals surface area contributed by atoms with Crippen molar-refractivity contribution in [2.24, 2.45) is 0 Å². The van der Waals surface area contributed by atoms with Gasteiger partial charge in [-0.1, -0.05) is 6.07 Å². The van der Waals surface area contributed by atoms with Crippen LogP contribution >= 0.6 is 0 Å². The summed E-state index contributed by atoms with van der Waals surface area (Å²) in [4.78, 5) is 64.2. The van der Waals surface area contributed by atoms with E-state index in [-0.39, 0.29) is 5.69 Å². The molecule has 0 spiro atoms. The van der Waals surface area contributed by atoms with Gasteiger partial charge in [-0.25, -0.2) is 0 Å². The van der Waals surface area contributed by atoms with Gasteiger partial charge in [0.1, 0.15) is 24.1 Å². The van der Waals surface area contributed by atoms with Crippen LogP contribution in [0.2, 0.25) is 0 Å². The largest absolute Gasteiger partial charge is 0.481 e. The molecule has 0 saturated carbocycles. The zero-order valence-electron chi connectivity index (χ0n) is 15.3. The number of amides is 3. The third-order valence-electron chi connectivity index (χ3n) is 4.34. The van der Waals surface area contributed by atoms with E-state index in [4.69, 9.17) is 5.11 Å². The Balaban J connectivity index is 1.99. The van der Waals surface area contributed by atoms with Crippen molar-refractivity contribution >= 4 is 30.0 Å². The van der Waals surface area contributed by atoms with Crippen LogP contribution in [0.5, 0.6) is 0 Å². The number of nitrogens with one attached hydrogen (secondary N) is 2. The van der Waals surface area contributed by atoms with Crippen LogP contribution in [0.1, 0.15) is 36.7 Å². The standard InChI is InChI=1S/C18H22N4O6/c1-11(20-16(26)13-5-2-3-7-19-13)18(28)22-8-4-6-14(22)17(27)21-12(10-23)9-15(24)25/h2-3,5,7,10-12,14H,4,6,8-9H2,1H3,(H,20,26)(H,21,27)(H,24,25)/t11-,12-,14?/m0/s1. The van der Waals surface area contributed by atoms with E-state index in [9.17, 15) is 24.0 Å². The number of carbonyl (C=O) groups is 5. The third kappa shape index (κ3) is 5.35. The fourth-order valence-corrected chi connectivity index (χ4v) is 2.98. The number of likely N-dealkylation sites (tertiary alicyclic amines) is 1. The minimum atomic E-state index is -1.22. The summed E-state index contributed by atoms with van der Waals surface area (Å²) in [7, 11) is 0. The summed E-state index contributed by atoms with van der Waals surface area (Å²) >= 11 is 0. The van der Waals surface area contributed by atoms with E-state index < -0.39 is 48.2 Å². The first-order valence-electron chi connectivity index (χ1n) is 8.83. The monoisotopic (exact) mass is 390 g/mol. The number of rotatable bonds is 8. The molecule has 3 amide bonds. The average molecular weight is 390 g/mol. The molecule has 1 fully saturated rings. The molecular weight excluding hydrogens is 368 g/mol. The number of nitrogens with zero attached hydrogens (tertiary/aromatic N) is 2. The fourth-order valence-electron chi connectivity index (χ4n) is 2.98. The number of hydrogen-bond donors (Lipinski definition) is 3. The van der Waals surface area contributed by atoms with Crippen molar-refractivity contribution in [2.75, 3.05) is 6.54 Å². The van der Waals surface area contributed by atoms with Gasteiger partial charge in [0.25, 0.3) is 5.91 Å². The molecule has 150 valence electrons. The second-order valence-electron chi connectivity index (χ2n) is 6.45. The molecule has 2 rings (SSSR count). The van der Waals surface area contributed by atoms with E-state index in [2.05, 4.69) is 15.6 Å². The van der Waals surface area contributed by atoms with Crippen molar-refractivity contribution in [3.8, 4) is 0 Å². The van der Waals surface area contributed by atoms with Crippen LogP contribution in [0.4, 0.5) is 0 Å². The lowest BCUT2D eigenvalue weighted by molar-refractivity contribution is -0.141. The number of aliphatic carboxylic acids is 1. The first-order chi connectivity index (χ1) is 13.3. The fraction of sp³-hybridized carbons (Fsp3) is 0.444. The van der Waals surface area contributed by atoms with Gasteiger partial charge >= 0.3 is 5.97 Å². The molecular formula is C18H22N4O6. The molecule has 1 aliphatic heterocycles. The van der Waals surface area contributed by atoms with Crippen molar-refractivity contribution < 1.29 is 29.1 Å². The van der Waals surface area contributed by atoms with Gasteiger partial charge < -0.3 is 25.4 Å². The SMILES string of the molecule is C[C@H](NC(=O)c1ccccn1)C(=O)N1CCCC1C(=O)N[C@H](C=O)CC(=O)O. The lowest BCUT2D eigenvalue weighted by Crippen LogP contribution is -2.54. The van der Waals surface area contributed by atoms with Crippen LogP contribution in [0.3, 0.4) is 0 Å². The van der Waals surface area contributed by atoms with E-state index in [0.29, 0.717) is 25.7 Å². The van der Waals surface area contributed by atoms with Crippen molar-refractivity contribution in [3.63, 3.8) is 0 Å². The molecule has 1 aliphatic rings. The molecule has 0 aliphatic carbocycles. The predicted octanol–water partition coefficient (Wildman–Crippen LogP) is -0.651. The topological polar surface area (TPSA) is 146 Å². The molecule has 10 heteroatoms. The molecule has 3 N–H and O–H groups in total. The Bertz CT molecular complexity index is 754. The highest BCUT2D eigenvalue weighted by Crippen LogP contribution is 2.19. The van der Waals surface area contributed by atoms with Gasteiger partial charge in [0.15, 0.2) is 0 Å². The molecule has 1 saturated heterocycles. The minimum absolute atomic E-state index is 0.167. The second kappa shape index (κ2) is 9.58. The molecule has 28 heavy (non-hydrogen) atoms. The van der Waals surface area contributed by atoms with Gasteiger partial charge in [-0.15, -0.1) is 0 Å². The molecule has 0 aromatic carbocycles. The Morgan fingerprint density at radius 3 is 2.68 bits per heavy atom. The minimum Gasteiger partial charge on any atom is -0.481 e. The number of pyridine rings is 1. The molecule has 0 radical (unpaired) electrons. The quantitative estimate of drug-likeness (QED) is 0.500. The highest BCUT2D eigenvalue weighted by atomic mass is 16.4. The van der Waals surface area contributed by atoms with E-state index in [1.807, 2.05) is 0 Å². The zero-order chi connectivity index (χ0) is 20.7. The summed E-state index contributed by atoms with van der Waals surface area (Å²) in [5, 5.41) is 13.7. The van der Waals surface area contributed by atoms with Crippen LogP contribution in [0.25, 0.3) is 0 Å². The molecule has 0 bridgehead atoms. The maximum absolute atomic E-state index is 12.7. The van der Waals surface area contributed by atoms with Gasteiger partial charge in [0, 0.05) is 12.7 Å². The molecule has 2 heterocycles. The summed E-state index contributed by atoms with van der Waals surface area (Å²) in [6.45, 7) is 1.83. The highest BCUT2D eigenvalue weighted by molar-refractivity contribution is 5.97. The van der Waals surface area contributed by atoms with Gasteiger partial charge in [-0.05, 0) is 31.9 Å². The van der Waals surface area contributed by atoms with E-state index in [0.717, 1.165) is 0 Å². The average Bonchev–Trinajstić information content (AvgIpc) is 3.16. The van der Waals surface area contributed by atoms with Crippen LogP contribution in [0, 0.1) is 0 Å². The van der Waals surface area contributed by atoms with E-state index >= 15 is 0 Å². The van der Waals surface area contributed by atoms with Crippen molar-refractivity contribution in [1.29, 1.82) is 0 Å². The normalized spacial score (nSPS) is 18.0. The molecule has 3 atom stereocenters.